The molecule has 3 aromatic rings. The maximum absolute atomic E-state index is 11.7. The minimum atomic E-state index is -2.99. The van der Waals surface area contributed by atoms with Crippen molar-refractivity contribution in [3.8, 4) is 0 Å². The second-order valence-corrected chi connectivity index (χ2v) is 13.2. The number of nitrogens with one attached hydrogen (secondary N) is 1. The van der Waals surface area contributed by atoms with Gasteiger partial charge in [-0.25, -0.2) is 23.4 Å². The van der Waals surface area contributed by atoms with Crippen molar-refractivity contribution < 1.29 is 13.2 Å². The van der Waals surface area contributed by atoms with E-state index in [1.165, 1.54) is 6.26 Å². The van der Waals surface area contributed by atoms with Crippen molar-refractivity contribution in [1.29, 1.82) is 0 Å². The summed E-state index contributed by atoms with van der Waals surface area (Å²) in [5.74, 6) is 4.77. The van der Waals surface area contributed by atoms with Gasteiger partial charge in [-0.2, -0.15) is 4.98 Å². The van der Waals surface area contributed by atoms with Crippen LogP contribution in [0.3, 0.4) is 0 Å². The molecule has 0 aromatic carbocycles. The topological polar surface area (TPSA) is 113 Å². The summed E-state index contributed by atoms with van der Waals surface area (Å²) >= 11 is 0. The van der Waals surface area contributed by atoms with Gasteiger partial charge in [-0.05, 0) is 29.0 Å². The van der Waals surface area contributed by atoms with Crippen molar-refractivity contribution in [3.05, 3.63) is 36.3 Å². The number of ether oxygens (including phenoxy) is 1. The molecule has 10 nitrogen and oxygen atoms in total. The Balaban J connectivity index is 1.24. The van der Waals surface area contributed by atoms with Gasteiger partial charge in [0.05, 0.1) is 19.0 Å². The van der Waals surface area contributed by atoms with Gasteiger partial charge in [0.1, 0.15) is 27.3 Å². The highest BCUT2D eigenvalue weighted by atomic mass is 32.2. The van der Waals surface area contributed by atoms with E-state index >= 15 is 0 Å². The molecule has 1 unspecified atom stereocenters. The Bertz CT molecular complexity index is 1410. The summed E-state index contributed by atoms with van der Waals surface area (Å²) in [5, 5.41) is 5.44. The summed E-state index contributed by atoms with van der Waals surface area (Å²) in [5.41, 5.74) is 1.15. The molecular weight excluding hydrogens is 490 g/mol. The van der Waals surface area contributed by atoms with Gasteiger partial charge in [0.25, 0.3) is 0 Å². The number of rotatable bonds is 7. The van der Waals surface area contributed by atoms with Crippen LogP contribution in [0.5, 0.6) is 0 Å². The molecule has 3 saturated heterocycles. The molecule has 6 rings (SSSR count). The Morgan fingerprint density at radius 1 is 1.00 bits per heavy atom. The van der Waals surface area contributed by atoms with E-state index in [-0.39, 0.29) is 17.6 Å². The third-order valence-corrected chi connectivity index (χ3v) is 8.70. The van der Waals surface area contributed by atoms with Gasteiger partial charge in [-0.1, -0.05) is 13.8 Å². The molecule has 3 aromatic heterocycles. The van der Waals surface area contributed by atoms with E-state index in [9.17, 15) is 8.42 Å². The minimum absolute atomic E-state index is 0.139. The highest BCUT2D eigenvalue weighted by Crippen LogP contribution is 2.36. The number of aromatic nitrogens is 4. The first-order chi connectivity index (χ1) is 17.7. The number of hydrogen-bond donors (Lipinski definition) is 1. The van der Waals surface area contributed by atoms with Crippen LogP contribution < -0.4 is 15.1 Å². The van der Waals surface area contributed by atoms with Crippen LogP contribution in [0.1, 0.15) is 25.3 Å². The zero-order valence-corrected chi connectivity index (χ0v) is 22.3. The van der Waals surface area contributed by atoms with Crippen molar-refractivity contribution >= 4 is 44.0 Å². The molecule has 3 aliphatic rings. The summed E-state index contributed by atoms with van der Waals surface area (Å²) in [6.07, 6.45) is 6.88. The number of sulfone groups is 1. The Morgan fingerprint density at radius 3 is 2.46 bits per heavy atom. The first kappa shape index (κ1) is 24.3. The van der Waals surface area contributed by atoms with Crippen LogP contribution in [0.4, 0.5) is 23.4 Å². The molecule has 11 heteroatoms. The van der Waals surface area contributed by atoms with Gasteiger partial charge in [0.15, 0.2) is 0 Å². The van der Waals surface area contributed by atoms with Gasteiger partial charge < -0.3 is 19.9 Å². The molecule has 196 valence electrons. The van der Waals surface area contributed by atoms with Crippen LogP contribution in [0.2, 0.25) is 0 Å². The molecule has 0 saturated carbocycles. The Kier molecular flexibility index (Phi) is 6.15. The molecule has 0 bridgehead atoms. The zero-order chi connectivity index (χ0) is 25.7. The van der Waals surface area contributed by atoms with Crippen molar-refractivity contribution in [3.63, 3.8) is 0 Å². The quantitative estimate of drug-likeness (QED) is 0.496. The molecule has 3 fully saturated rings. The maximum Gasteiger partial charge on any atom is 0.227 e. The molecular formula is C26H33N7O3S. The fraction of sp³-hybridized carbons (Fsp3) is 0.538. The van der Waals surface area contributed by atoms with Crippen molar-refractivity contribution in [1.82, 2.24) is 19.9 Å². The van der Waals surface area contributed by atoms with Crippen LogP contribution in [-0.2, 0) is 14.6 Å². The fourth-order valence-corrected chi connectivity index (χ4v) is 6.82. The van der Waals surface area contributed by atoms with Crippen LogP contribution in [0.15, 0.2) is 30.7 Å². The van der Waals surface area contributed by atoms with Gasteiger partial charge in [-0.15, -0.1) is 0 Å². The van der Waals surface area contributed by atoms with Gasteiger partial charge >= 0.3 is 0 Å². The van der Waals surface area contributed by atoms with Gasteiger partial charge in [0.2, 0.25) is 5.95 Å². The number of nitrogens with zero attached hydrogens (tertiary/aromatic N) is 6. The SMILES string of the molecule is CC(C)c1cnc(N2CC(CS(C)(=O)=O)C2)c2cnc(Nc3ccnc(N4CC5COC[C@@H]5C4)n3)cc12. The minimum Gasteiger partial charge on any atom is -0.381 e. The molecule has 3 aliphatic heterocycles. The summed E-state index contributed by atoms with van der Waals surface area (Å²) in [4.78, 5) is 23.1. The van der Waals surface area contributed by atoms with Crippen LogP contribution in [-0.4, -0.2) is 79.8 Å². The third-order valence-electron chi connectivity index (χ3n) is 7.62. The lowest BCUT2D eigenvalue weighted by Crippen LogP contribution is -2.50. The molecule has 1 N–H and O–H groups in total. The van der Waals surface area contributed by atoms with E-state index in [1.807, 2.05) is 18.5 Å². The van der Waals surface area contributed by atoms with Gasteiger partial charge in [0, 0.05) is 74.2 Å². The largest absolute Gasteiger partial charge is 0.381 e. The fourth-order valence-electron chi connectivity index (χ4n) is 5.75. The van der Waals surface area contributed by atoms with Crippen molar-refractivity contribution in [2.45, 2.75) is 19.8 Å². The zero-order valence-electron chi connectivity index (χ0n) is 21.5. The van der Waals surface area contributed by atoms with Crippen LogP contribution in [0.25, 0.3) is 10.8 Å². The molecule has 6 heterocycles. The maximum atomic E-state index is 11.7. The van der Waals surface area contributed by atoms with E-state index in [2.05, 4.69) is 40.0 Å². The van der Waals surface area contributed by atoms with E-state index in [0.717, 1.165) is 54.4 Å². The lowest BCUT2D eigenvalue weighted by Gasteiger charge is -2.40. The standard InChI is InChI=1S/C26H33N7O3S/c1-16(2)21-7-29-25(32-9-17(10-32)15-37(3,34)35)22-8-28-24(6-20(21)22)30-23-4-5-27-26(31-23)33-11-18-13-36-14-19(18)12-33/h4-8,16-19H,9-15H2,1-3H3,(H,27,28,30,31)/t18-,19?/m0/s1. The smallest absolute Gasteiger partial charge is 0.227 e. The average molecular weight is 524 g/mol. The Hall–Kier alpha value is -3.05. The normalized spacial score (nSPS) is 22.1. The predicted octanol–water partition coefficient (Wildman–Crippen LogP) is 2.85. The summed E-state index contributed by atoms with van der Waals surface area (Å²) in [6.45, 7) is 9.18. The van der Waals surface area contributed by atoms with Crippen molar-refractivity contribution in [2.24, 2.45) is 17.8 Å². The molecule has 0 spiro atoms. The van der Waals surface area contributed by atoms with E-state index in [1.54, 1.807) is 6.20 Å². The molecule has 0 amide bonds. The van der Waals surface area contributed by atoms with E-state index in [0.29, 0.717) is 36.6 Å². The van der Waals surface area contributed by atoms with Gasteiger partial charge in [-0.3, -0.25) is 0 Å². The lowest BCUT2D eigenvalue weighted by atomic mass is 9.97. The highest BCUT2D eigenvalue weighted by molar-refractivity contribution is 7.90. The second kappa shape index (κ2) is 9.36. The second-order valence-electron chi connectivity index (χ2n) is 11.0. The molecule has 0 radical (unpaired) electrons. The first-order valence-electron chi connectivity index (χ1n) is 12.9. The highest BCUT2D eigenvalue weighted by Gasteiger charge is 2.38. The van der Waals surface area contributed by atoms with E-state index < -0.39 is 9.84 Å². The van der Waals surface area contributed by atoms with Crippen molar-refractivity contribution in [2.75, 3.05) is 66.5 Å². The summed E-state index contributed by atoms with van der Waals surface area (Å²) in [6, 6.07) is 3.92. The number of anilines is 4. The summed E-state index contributed by atoms with van der Waals surface area (Å²) in [7, 11) is -2.99. The Morgan fingerprint density at radius 2 is 1.76 bits per heavy atom. The van der Waals surface area contributed by atoms with E-state index in [4.69, 9.17) is 19.7 Å². The number of pyridine rings is 2. The third kappa shape index (κ3) is 4.94. The summed E-state index contributed by atoms with van der Waals surface area (Å²) < 4.78 is 28.9. The molecule has 2 atom stereocenters. The first-order valence-corrected chi connectivity index (χ1v) is 14.9. The number of hydrogen-bond acceptors (Lipinski definition) is 10. The average Bonchev–Trinajstić information content (AvgIpc) is 3.43. The Labute approximate surface area is 217 Å². The number of fused-ring (bicyclic) bond motifs is 2. The molecule has 37 heavy (non-hydrogen) atoms. The lowest BCUT2D eigenvalue weighted by molar-refractivity contribution is 0.177. The van der Waals surface area contributed by atoms with Crippen LogP contribution in [0, 0.1) is 17.8 Å². The molecule has 0 aliphatic carbocycles. The monoisotopic (exact) mass is 523 g/mol. The van der Waals surface area contributed by atoms with Crippen LogP contribution >= 0.6 is 0 Å². The predicted molar refractivity (Wildman–Crippen MR) is 144 cm³/mol.